The molecule has 0 amide bonds. The van der Waals surface area contributed by atoms with Crippen molar-refractivity contribution in [2.24, 2.45) is 5.73 Å². The predicted molar refractivity (Wildman–Crippen MR) is 62.3 cm³/mol. The highest BCUT2D eigenvalue weighted by Crippen LogP contribution is 2.32. The summed E-state index contributed by atoms with van der Waals surface area (Å²) in [6.45, 7) is 0. The third-order valence-electron chi connectivity index (χ3n) is 3.08. The molecule has 0 radical (unpaired) electrons. The summed E-state index contributed by atoms with van der Waals surface area (Å²) in [7, 11) is 0. The van der Waals surface area contributed by atoms with Crippen LogP contribution in [-0.2, 0) is 0 Å². The van der Waals surface area contributed by atoms with E-state index in [-0.39, 0.29) is 11.8 Å². The molecule has 0 saturated heterocycles. The number of ketones is 1. The van der Waals surface area contributed by atoms with Crippen LogP contribution in [0.2, 0.25) is 0 Å². The monoisotopic (exact) mass is 209 g/mol. The molecular formula is C14H11NO. The standard InChI is InChI=1S/C14H11NO/c15-13-9-5-1-3-7-11(9)14(16)12-8-4-2-6-10(12)13/h1-8,13H,15H2. The fourth-order valence-electron chi connectivity index (χ4n) is 2.26. The molecule has 0 heterocycles. The first kappa shape index (κ1) is 9.31. The van der Waals surface area contributed by atoms with Crippen LogP contribution in [0.25, 0.3) is 0 Å². The van der Waals surface area contributed by atoms with Crippen molar-refractivity contribution in [2.75, 3.05) is 0 Å². The van der Waals surface area contributed by atoms with Gasteiger partial charge in [-0.25, -0.2) is 0 Å². The lowest BCUT2D eigenvalue weighted by molar-refractivity contribution is 0.103. The normalized spacial score (nSPS) is 14.4. The quantitative estimate of drug-likeness (QED) is 0.723. The Morgan fingerprint density at radius 1 is 0.812 bits per heavy atom. The van der Waals surface area contributed by atoms with Crippen molar-refractivity contribution < 1.29 is 4.79 Å². The highest BCUT2D eigenvalue weighted by atomic mass is 16.1. The molecule has 0 spiro atoms. The van der Waals surface area contributed by atoms with E-state index in [4.69, 9.17) is 5.73 Å². The average molecular weight is 209 g/mol. The molecule has 2 heteroatoms. The number of benzene rings is 2. The van der Waals surface area contributed by atoms with E-state index < -0.39 is 0 Å². The van der Waals surface area contributed by atoms with Crippen molar-refractivity contribution in [1.82, 2.24) is 0 Å². The first-order valence-corrected chi connectivity index (χ1v) is 5.27. The van der Waals surface area contributed by atoms with Gasteiger partial charge in [0, 0.05) is 11.1 Å². The van der Waals surface area contributed by atoms with Gasteiger partial charge < -0.3 is 5.73 Å². The minimum absolute atomic E-state index is 0.0768. The topological polar surface area (TPSA) is 43.1 Å². The van der Waals surface area contributed by atoms with Crippen LogP contribution in [0.4, 0.5) is 0 Å². The molecule has 2 N–H and O–H groups in total. The van der Waals surface area contributed by atoms with Gasteiger partial charge in [0.2, 0.25) is 0 Å². The molecule has 78 valence electrons. The Hall–Kier alpha value is -1.93. The lowest BCUT2D eigenvalue weighted by Gasteiger charge is -2.24. The van der Waals surface area contributed by atoms with Crippen molar-refractivity contribution in [3.05, 3.63) is 70.8 Å². The Kier molecular flexibility index (Phi) is 1.91. The molecule has 0 aliphatic heterocycles. The molecule has 0 bridgehead atoms. The van der Waals surface area contributed by atoms with E-state index in [0.29, 0.717) is 0 Å². The van der Waals surface area contributed by atoms with Crippen LogP contribution in [0.3, 0.4) is 0 Å². The van der Waals surface area contributed by atoms with Gasteiger partial charge in [-0.2, -0.15) is 0 Å². The van der Waals surface area contributed by atoms with E-state index in [9.17, 15) is 4.79 Å². The minimum Gasteiger partial charge on any atom is -0.320 e. The molecule has 0 fully saturated rings. The zero-order chi connectivity index (χ0) is 11.1. The first-order valence-electron chi connectivity index (χ1n) is 5.27. The van der Waals surface area contributed by atoms with Crippen LogP contribution >= 0.6 is 0 Å². The highest BCUT2D eigenvalue weighted by molar-refractivity contribution is 6.12. The molecule has 2 aromatic rings. The van der Waals surface area contributed by atoms with E-state index >= 15 is 0 Å². The number of fused-ring (bicyclic) bond motifs is 2. The molecule has 1 aliphatic carbocycles. The number of nitrogens with two attached hydrogens (primary N) is 1. The van der Waals surface area contributed by atoms with Gasteiger partial charge in [-0.1, -0.05) is 48.5 Å². The molecule has 2 nitrogen and oxygen atoms in total. The predicted octanol–water partition coefficient (Wildman–Crippen LogP) is 2.28. The Morgan fingerprint density at radius 3 is 1.75 bits per heavy atom. The highest BCUT2D eigenvalue weighted by Gasteiger charge is 2.27. The molecule has 0 aromatic heterocycles. The van der Waals surface area contributed by atoms with Gasteiger partial charge in [0.05, 0.1) is 6.04 Å². The van der Waals surface area contributed by atoms with Crippen LogP contribution < -0.4 is 5.73 Å². The molecule has 3 rings (SSSR count). The van der Waals surface area contributed by atoms with E-state index in [1.54, 1.807) is 0 Å². The lowest BCUT2D eigenvalue weighted by Crippen LogP contribution is -2.24. The number of hydrogen-bond acceptors (Lipinski definition) is 2. The molecule has 16 heavy (non-hydrogen) atoms. The van der Waals surface area contributed by atoms with Crippen molar-refractivity contribution in [1.29, 1.82) is 0 Å². The fraction of sp³-hybridized carbons (Fsp3) is 0.0714. The summed E-state index contributed by atoms with van der Waals surface area (Å²) >= 11 is 0. The summed E-state index contributed by atoms with van der Waals surface area (Å²) in [5.41, 5.74) is 9.47. The van der Waals surface area contributed by atoms with Gasteiger partial charge in [0.15, 0.2) is 5.78 Å². The van der Waals surface area contributed by atoms with Gasteiger partial charge in [0.25, 0.3) is 0 Å². The molecular weight excluding hydrogens is 198 g/mol. The maximum Gasteiger partial charge on any atom is 0.193 e. The maximum absolute atomic E-state index is 12.2. The number of carbonyl (C=O) groups excluding carboxylic acids is 1. The largest absolute Gasteiger partial charge is 0.320 e. The number of carbonyl (C=O) groups is 1. The summed E-state index contributed by atoms with van der Waals surface area (Å²) in [6, 6.07) is 14.9. The Morgan fingerprint density at radius 2 is 1.25 bits per heavy atom. The van der Waals surface area contributed by atoms with Crippen molar-refractivity contribution in [3.8, 4) is 0 Å². The summed E-state index contributed by atoms with van der Waals surface area (Å²) in [6.07, 6.45) is 0. The van der Waals surface area contributed by atoms with Crippen molar-refractivity contribution in [3.63, 3.8) is 0 Å². The molecule has 2 aromatic carbocycles. The van der Waals surface area contributed by atoms with Crippen molar-refractivity contribution in [2.45, 2.75) is 6.04 Å². The summed E-state index contributed by atoms with van der Waals surface area (Å²) in [4.78, 5) is 12.2. The van der Waals surface area contributed by atoms with Crippen LogP contribution in [-0.4, -0.2) is 5.78 Å². The third-order valence-corrected chi connectivity index (χ3v) is 3.08. The van der Waals surface area contributed by atoms with Gasteiger partial charge in [-0.3, -0.25) is 4.79 Å². The molecule has 0 saturated carbocycles. The maximum atomic E-state index is 12.2. The van der Waals surface area contributed by atoms with Gasteiger partial charge in [-0.05, 0) is 11.1 Å². The van der Waals surface area contributed by atoms with Crippen molar-refractivity contribution >= 4 is 5.78 Å². The van der Waals surface area contributed by atoms with Gasteiger partial charge in [0.1, 0.15) is 0 Å². The van der Waals surface area contributed by atoms with Crippen LogP contribution in [0.15, 0.2) is 48.5 Å². The zero-order valence-corrected chi connectivity index (χ0v) is 8.68. The smallest absolute Gasteiger partial charge is 0.193 e. The molecule has 0 atom stereocenters. The summed E-state index contributed by atoms with van der Waals surface area (Å²) < 4.78 is 0. The van der Waals surface area contributed by atoms with Crippen LogP contribution in [0.5, 0.6) is 0 Å². The van der Waals surface area contributed by atoms with Crippen LogP contribution in [0.1, 0.15) is 33.1 Å². The second-order valence-electron chi connectivity index (χ2n) is 3.98. The number of hydrogen-bond donors (Lipinski definition) is 1. The Bertz CT molecular complexity index is 525. The fourth-order valence-corrected chi connectivity index (χ4v) is 2.26. The lowest BCUT2D eigenvalue weighted by atomic mass is 9.82. The summed E-state index contributed by atoms with van der Waals surface area (Å²) in [5.74, 6) is 0.0768. The van der Waals surface area contributed by atoms with E-state index in [2.05, 4.69) is 0 Å². The average Bonchev–Trinajstić information content (AvgIpc) is 2.36. The Balaban J connectivity index is 2.30. The van der Waals surface area contributed by atoms with E-state index in [1.807, 2.05) is 48.5 Å². The third kappa shape index (κ3) is 1.14. The summed E-state index contributed by atoms with van der Waals surface area (Å²) in [5, 5.41) is 0. The minimum atomic E-state index is -0.190. The van der Waals surface area contributed by atoms with Gasteiger partial charge >= 0.3 is 0 Å². The van der Waals surface area contributed by atoms with Crippen LogP contribution in [0, 0.1) is 0 Å². The first-order chi connectivity index (χ1) is 7.79. The molecule has 1 aliphatic rings. The van der Waals surface area contributed by atoms with E-state index in [0.717, 1.165) is 22.3 Å². The second-order valence-corrected chi connectivity index (χ2v) is 3.98. The second kappa shape index (κ2) is 3.29. The Labute approximate surface area is 93.7 Å². The zero-order valence-electron chi connectivity index (χ0n) is 8.68. The van der Waals surface area contributed by atoms with Gasteiger partial charge in [-0.15, -0.1) is 0 Å². The SMILES string of the molecule is NC1c2ccccc2C(=O)c2ccccc21. The van der Waals surface area contributed by atoms with E-state index in [1.165, 1.54) is 0 Å². The molecule has 0 unspecified atom stereocenters. The number of rotatable bonds is 0.